The van der Waals surface area contributed by atoms with Crippen LogP contribution >= 0.6 is 11.6 Å². The molecule has 2 aliphatic rings. The van der Waals surface area contributed by atoms with Gasteiger partial charge in [-0.3, -0.25) is 14.5 Å². The molecule has 2 aliphatic heterocycles. The summed E-state index contributed by atoms with van der Waals surface area (Å²) in [6.07, 6.45) is 0.680. The lowest BCUT2D eigenvalue weighted by Gasteiger charge is -2.38. The zero-order chi connectivity index (χ0) is 21.8. The van der Waals surface area contributed by atoms with Crippen molar-refractivity contribution in [1.82, 2.24) is 14.7 Å². The minimum absolute atomic E-state index is 0.0899. The lowest BCUT2D eigenvalue weighted by Crippen LogP contribution is -2.55. The van der Waals surface area contributed by atoms with E-state index in [4.69, 9.17) is 11.6 Å². The van der Waals surface area contributed by atoms with Crippen LogP contribution in [0.1, 0.15) is 22.3 Å². The van der Waals surface area contributed by atoms with Crippen molar-refractivity contribution in [3.8, 4) is 0 Å². The summed E-state index contributed by atoms with van der Waals surface area (Å²) in [5.41, 5.74) is 1.75. The second-order valence-corrected chi connectivity index (χ2v) is 8.69. The van der Waals surface area contributed by atoms with E-state index >= 15 is 0 Å². The number of aliphatic hydroxyl groups excluding tert-OH is 1. The Morgan fingerprint density at radius 2 is 1.58 bits per heavy atom. The van der Waals surface area contributed by atoms with Crippen molar-refractivity contribution in [2.24, 2.45) is 0 Å². The van der Waals surface area contributed by atoms with Crippen LogP contribution in [0.4, 0.5) is 0 Å². The van der Waals surface area contributed by atoms with Gasteiger partial charge in [0, 0.05) is 56.3 Å². The number of carbonyl (C=O) groups excluding carboxylic acids is 2. The lowest BCUT2D eigenvalue weighted by atomic mass is 10.1. The second-order valence-electron chi connectivity index (χ2n) is 8.25. The predicted molar refractivity (Wildman–Crippen MR) is 120 cm³/mol. The molecule has 2 atom stereocenters. The van der Waals surface area contributed by atoms with Gasteiger partial charge in [0.1, 0.15) is 0 Å². The molecule has 2 fully saturated rings. The standard InChI is InChI=1S/C24H28ClN3O3/c25-20-9-7-19(8-10-20)24(31)28-16-21(22(29)17-28)26-12-14-27(15-13-26)23(30)11-6-18-4-2-1-3-5-18/h1-5,7-10,21-22,29H,6,11-17H2. The summed E-state index contributed by atoms with van der Waals surface area (Å²) >= 11 is 5.91. The first kappa shape index (κ1) is 21.8. The Morgan fingerprint density at radius 1 is 0.903 bits per heavy atom. The molecule has 2 aromatic rings. The van der Waals surface area contributed by atoms with E-state index in [2.05, 4.69) is 4.90 Å². The number of aliphatic hydroxyl groups is 1. The van der Waals surface area contributed by atoms with Crippen LogP contribution < -0.4 is 0 Å². The number of hydrogen-bond acceptors (Lipinski definition) is 4. The molecule has 0 spiro atoms. The van der Waals surface area contributed by atoms with Crippen LogP contribution in [0, 0.1) is 0 Å². The van der Waals surface area contributed by atoms with E-state index < -0.39 is 6.10 Å². The van der Waals surface area contributed by atoms with Crippen molar-refractivity contribution < 1.29 is 14.7 Å². The number of β-amino-alcohol motifs (C(OH)–C–C–N with tert-alkyl or cyclic N) is 1. The molecule has 6 nitrogen and oxygen atoms in total. The number of halogens is 1. The number of amides is 2. The zero-order valence-electron chi connectivity index (χ0n) is 17.5. The van der Waals surface area contributed by atoms with Gasteiger partial charge >= 0.3 is 0 Å². The minimum Gasteiger partial charge on any atom is -0.390 e. The minimum atomic E-state index is -0.586. The van der Waals surface area contributed by atoms with E-state index in [-0.39, 0.29) is 17.9 Å². The van der Waals surface area contributed by atoms with Gasteiger partial charge in [-0.05, 0) is 36.2 Å². The largest absolute Gasteiger partial charge is 0.390 e. The highest BCUT2D eigenvalue weighted by Crippen LogP contribution is 2.21. The summed E-state index contributed by atoms with van der Waals surface area (Å²) in [4.78, 5) is 31.2. The average Bonchev–Trinajstić information content (AvgIpc) is 3.20. The summed E-state index contributed by atoms with van der Waals surface area (Å²) < 4.78 is 0. The zero-order valence-corrected chi connectivity index (χ0v) is 18.2. The molecule has 7 heteroatoms. The number of hydrogen-bond donors (Lipinski definition) is 1. The highest BCUT2D eigenvalue weighted by molar-refractivity contribution is 6.30. The smallest absolute Gasteiger partial charge is 0.253 e. The van der Waals surface area contributed by atoms with Crippen molar-refractivity contribution in [3.05, 3.63) is 70.7 Å². The second kappa shape index (κ2) is 9.81. The SMILES string of the molecule is O=C(CCc1ccccc1)N1CCN(C2CN(C(=O)c3ccc(Cl)cc3)CC2O)CC1. The molecule has 2 aromatic carbocycles. The summed E-state index contributed by atoms with van der Waals surface area (Å²) in [5, 5.41) is 11.2. The number of rotatable bonds is 5. The number of likely N-dealkylation sites (tertiary alicyclic amines) is 1. The van der Waals surface area contributed by atoms with Gasteiger partial charge in [-0.25, -0.2) is 0 Å². The Balaban J connectivity index is 1.27. The van der Waals surface area contributed by atoms with Gasteiger partial charge in [0.25, 0.3) is 5.91 Å². The third kappa shape index (κ3) is 5.26. The molecule has 2 unspecified atom stereocenters. The first-order valence-corrected chi connectivity index (χ1v) is 11.2. The summed E-state index contributed by atoms with van der Waals surface area (Å²) in [6, 6.07) is 16.8. The van der Waals surface area contributed by atoms with Gasteiger partial charge in [0.05, 0.1) is 12.1 Å². The first-order valence-electron chi connectivity index (χ1n) is 10.8. The van der Waals surface area contributed by atoms with Crippen LogP contribution in [0.25, 0.3) is 0 Å². The predicted octanol–water partition coefficient (Wildman–Crippen LogP) is 2.30. The van der Waals surface area contributed by atoms with Crippen molar-refractivity contribution in [2.45, 2.75) is 25.0 Å². The van der Waals surface area contributed by atoms with Gasteiger partial charge in [-0.1, -0.05) is 41.9 Å². The molecule has 0 aromatic heterocycles. The summed E-state index contributed by atoms with van der Waals surface area (Å²) in [7, 11) is 0. The van der Waals surface area contributed by atoms with E-state index in [1.807, 2.05) is 35.2 Å². The van der Waals surface area contributed by atoms with E-state index in [1.165, 1.54) is 5.56 Å². The monoisotopic (exact) mass is 441 g/mol. The van der Waals surface area contributed by atoms with Gasteiger partial charge in [0.2, 0.25) is 5.91 Å². The highest BCUT2D eigenvalue weighted by Gasteiger charge is 2.39. The molecule has 0 bridgehead atoms. The van der Waals surface area contributed by atoms with Crippen LogP contribution in [-0.2, 0) is 11.2 Å². The molecule has 31 heavy (non-hydrogen) atoms. The fraction of sp³-hybridized carbons (Fsp3) is 0.417. The molecule has 1 N–H and O–H groups in total. The number of nitrogens with zero attached hydrogens (tertiary/aromatic N) is 3. The Morgan fingerprint density at radius 3 is 2.26 bits per heavy atom. The average molecular weight is 442 g/mol. The number of benzene rings is 2. The number of piperazine rings is 1. The molecule has 2 amide bonds. The highest BCUT2D eigenvalue weighted by atomic mass is 35.5. The van der Waals surface area contributed by atoms with Gasteiger partial charge < -0.3 is 14.9 Å². The van der Waals surface area contributed by atoms with Crippen LogP contribution in [0.3, 0.4) is 0 Å². The molecule has 0 aliphatic carbocycles. The molecule has 4 rings (SSSR count). The Kier molecular flexibility index (Phi) is 6.90. The fourth-order valence-corrected chi connectivity index (χ4v) is 4.55. The molecule has 2 saturated heterocycles. The fourth-order valence-electron chi connectivity index (χ4n) is 4.43. The maximum absolute atomic E-state index is 12.8. The van der Waals surface area contributed by atoms with Gasteiger partial charge in [-0.2, -0.15) is 0 Å². The molecule has 0 saturated carbocycles. The van der Waals surface area contributed by atoms with Crippen LogP contribution in [0.2, 0.25) is 5.02 Å². The van der Waals surface area contributed by atoms with Crippen molar-refractivity contribution in [1.29, 1.82) is 0 Å². The normalized spacial score (nSPS) is 22.0. The van der Waals surface area contributed by atoms with Crippen LogP contribution in [0.15, 0.2) is 54.6 Å². The number of carbonyl (C=O) groups is 2. The molecular weight excluding hydrogens is 414 g/mol. The molecule has 0 radical (unpaired) electrons. The molecular formula is C24H28ClN3O3. The Hall–Kier alpha value is -2.41. The number of aryl methyl sites for hydroxylation is 1. The molecule has 164 valence electrons. The topological polar surface area (TPSA) is 64.1 Å². The first-order chi connectivity index (χ1) is 15.0. The summed E-state index contributed by atoms with van der Waals surface area (Å²) in [5.74, 6) is 0.0861. The summed E-state index contributed by atoms with van der Waals surface area (Å²) in [6.45, 7) is 3.54. The Labute approximate surface area is 188 Å². The van der Waals surface area contributed by atoms with E-state index in [0.29, 0.717) is 56.3 Å². The van der Waals surface area contributed by atoms with Gasteiger partial charge in [0.15, 0.2) is 0 Å². The maximum atomic E-state index is 12.8. The quantitative estimate of drug-likeness (QED) is 0.773. The lowest BCUT2D eigenvalue weighted by molar-refractivity contribution is -0.133. The maximum Gasteiger partial charge on any atom is 0.253 e. The van der Waals surface area contributed by atoms with Crippen molar-refractivity contribution >= 4 is 23.4 Å². The third-order valence-corrected chi connectivity index (χ3v) is 6.50. The van der Waals surface area contributed by atoms with Crippen molar-refractivity contribution in [3.63, 3.8) is 0 Å². The van der Waals surface area contributed by atoms with Crippen LogP contribution in [-0.4, -0.2) is 83.0 Å². The van der Waals surface area contributed by atoms with Gasteiger partial charge in [-0.15, -0.1) is 0 Å². The molecule has 2 heterocycles. The Bertz CT molecular complexity index is 898. The van der Waals surface area contributed by atoms with Crippen molar-refractivity contribution in [2.75, 3.05) is 39.3 Å². The van der Waals surface area contributed by atoms with E-state index in [1.54, 1.807) is 29.2 Å². The van der Waals surface area contributed by atoms with E-state index in [9.17, 15) is 14.7 Å². The van der Waals surface area contributed by atoms with Crippen LogP contribution in [0.5, 0.6) is 0 Å². The third-order valence-electron chi connectivity index (χ3n) is 6.24. The van der Waals surface area contributed by atoms with E-state index in [0.717, 1.165) is 6.42 Å².